The molecule has 0 bridgehead atoms. The minimum Gasteiger partial charge on any atom is -0.333 e. The van der Waals surface area contributed by atoms with Crippen LogP contribution in [0.15, 0.2) is 29.2 Å². The molecule has 9 heteroatoms. The van der Waals surface area contributed by atoms with Gasteiger partial charge in [0.1, 0.15) is 0 Å². The summed E-state index contributed by atoms with van der Waals surface area (Å²) >= 11 is 0. The van der Waals surface area contributed by atoms with Crippen LogP contribution in [-0.4, -0.2) is 67.3 Å². The number of nitrogens with zero attached hydrogens (tertiary/aromatic N) is 2. The first-order chi connectivity index (χ1) is 14.3. The molecule has 1 aliphatic rings. The predicted octanol–water partition coefficient (Wildman–Crippen LogP) is 2.52. The van der Waals surface area contributed by atoms with Crippen LogP contribution in [0, 0.1) is 0 Å². The average Bonchev–Trinajstić information content (AvgIpc) is 2.71. The number of hydrogen-bond donors (Lipinski definition) is 2. The molecule has 174 valence electrons. The molecule has 1 aromatic rings. The fraction of sp³-hybridized carbons (Fsp3) is 0.636. The quantitative estimate of drug-likeness (QED) is 0.691. The number of carbonyl (C=O) groups excluding carboxylic acids is 2. The Labute approximate surface area is 186 Å². The van der Waals surface area contributed by atoms with Gasteiger partial charge >= 0.3 is 6.03 Å². The lowest BCUT2D eigenvalue weighted by molar-refractivity contribution is -0.125. The molecule has 2 unspecified atom stereocenters. The van der Waals surface area contributed by atoms with Crippen LogP contribution in [0.5, 0.6) is 0 Å². The van der Waals surface area contributed by atoms with Crippen molar-refractivity contribution in [1.82, 2.24) is 19.8 Å². The van der Waals surface area contributed by atoms with Gasteiger partial charge in [0.05, 0.1) is 10.9 Å². The summed E-state index contributed by atoms with van der Waals surface area (Å²) in [7, 11) is -3.58. The summed E-state index contributed by atoms with van der Waals surface area (Å²) in [5, 5.41) is 5.05. The molecule has 8 nitrogen and oxygen atoms in total. The fourth-order valence-corrected chi connectivity index (χ4v) is 4.86. The maximum atomic E-state index is 13.0. The highest BCUT2D eigenvalue weighted by atomic mass is 32.2. The lowest BCUT2D eigenvalue weighted by Crippen LogP contribution is -2.57. The van der Waals surface area contributed by atoms with E-state index in [4.69, 9.17) is 0 Å². The van der Waals surface area contributed by atoms with E-state index >= 15 is 0 Å². The van der Waals surface area contributed by atoms with Gasteiger partial charge in [-0.15, -0.1) is 0 Å². The molecule has 0 saturated carbocycles. The van der Waals surface area contributed by atoms with Crippen molar-refractivity contribution in [2.75, 3.05) is 26.2 Å². The molecular formula is C22H36N4O4S. The van der Waals surface area contributed by atoms with Crippen molar-refractivity contribution in [2.24, 2.45) is 0 Å². The fourth-order valence-electron chi connectivity index (χ4n) is 3.44. The number of imide groups is 1. The van der Waals surface area contributed by atoms with E-state index in [9.17, 15) is 18.0 Å². The number of nitrogens with one attached hydrogen (secondary N) is 2. The van der Waals surface area contributed by atoms with E-state index in [1.807, 2.05) is 37.8 Å². The van der Waals surface area contributed by atoms with Crippen molar-refractivity contribution >= 4 is 22.0 Å². The van der Waals surface area contributed by atoms with Crippen molar-refractivity contribution in [3.05, 3.63) is 29.8 Å². The Hall–Kier alpha value is -1.97. The van der Waals surface area contributed by atoms with Crippen molar-refractivity contribution in [1.29, 1.82) is 0 Å². The Balaban J connectivity index is 1.95. The Morgan fingerprint density at radius 3 is 2.06 bits per heavy atom. The van der Waals surface area contributed by atoms with Gasteiger partial charge in [-0.2, -0.15) is 4.31 Å². The molecule has 1 aliphatic heterocycles. The summed E-state index contributed by atoms with van der Waals surface area (Å²) in [6.45, 7) is 12.9. The van der Waals surface area contributed by atoms with E-state index in [2.05, 4.69) is 24.5 Å². The third kappa shape index (κ3) is 6.75. The van der Waals surface area contributed by atoms with Crippen LogP contribution in [-0.2, 0) is 14.8 Å². The van der Waals surface area contributed by atoms with Crippen LogP contribution in [0.25, 0.3) is 0 Å². The molecule has 1 aromatic carbocycles. The number of hydrogen-bond acceptors (Lipinski definition) is 5. The van der Waals surface area contributed by atoms with Crippen LogP contribution in [0.1, 0.15) is 59.4 Å². The third-order valence-corrected chi connectivity index (χ3v) is 7.54. The number of benzene rings is 1. The molecule has 0 aliphatic carbocycles. The molecule has 0 spiro atoms. The molecule has 1 heterocycles. The molecule has 2 atom stereocenters. The summed E-state index contributed by atoms with van der Waals surface area (Å²) < 4.78 is 27.5. The van der Waals surface area contributed by atoms with Gasteiger partial charge in [-0.05, 0) is 57.7 Å². The highest BCUT2D eigenvalue weighted by molar-refractivity contribution is 7.89. The van der Waals surface area contributed by atoms with E-state index in [-0.39, 0.29) is 4.90 Å². The second kappa shape index (κ2) is 10.1. The van der Waals surface area contributed by atoms with Crippen molar-refractivity contribution < 1.29 is 18.0 Å². The molecule has 2 rings (SSSR count). The van der Waals surface area contributed by atoms with Gasteiger partial charge in [-0.1, -0.05) is 26.0 Å². The number of carbonyl (C=O) groups is 2. The topological polar surface area (TPSA) is 98.8 Å². The number of rotatable bonds is 6. The number of urea groups is 1. The zero-order valence-electron chi connectivity index (χ0n) is 19.4. The Morgan fingerprint density at radius 2 is 1.58 bits per heavy atom. The second-order valence-corrected chi connectivity index (χ2v) is 11.1. The zero-order valence-corrected chi connectivity index (χ0v) is 20.3. The molecule has 2 N–H and O–H groups in total. The molecule has 31 heavy (non-hydrogen) atoms. The van der Waals surface area contributed by atoms with E-state index in [0.29, 0.717) is 32.1 Å². The highest BCUT2D eigenvalue weighted by Gasteiger charge is 2.32. The largest absolute Gasteiger partial charge is 0.333 e. The summed E-state index contributed by atoms with van der Waals surface area (Å²) in [5.41, 5.74) is 0.682. The van der Waals surface area contributed by atoms with Gasteiger partial charge in [0.25, 0.3) is 0 Å². The minimum absolute atomic E-state index is 0.289. The molecule has 0 aromatic heterocycles. The summed E-state index contributed by atoms with van der Waals surface area (Å²) in [4.78, 5) is 26.5. The van der Waals surface area contributed by atoms with E-state index in [1.54, 1.807) is 19.1 Å². The highest BCUT2D eigenvalue weighted by Crippen LogP contribution is 2.23. The first-order valence-corrected chi connectivity index (χ1v) is 12.3. The van der Waals surface area contributed by atoms with Crippen LogP contribution in [0.2, 0.25) is 0 Å². The first kappa shape index (κ1) is 25.3. The maximum Gasteiger partial charge on any atom is 0.321 e. The predicted molar refractivity (Wildman–Crippen MR) is 121 cm³/mol. The SMILES string of the molecule is CCC(C)c1ccc(S(=O)(=O)N2CCN(C(C)C(=O)NC(=O)NC(C)(C)C)CC2)cc1. The minimum atomic E-state index is -3.58. The molecule has 1 fully saturated rings. The first-order valence-electron chi connectivity index (χ1n) is 10.8. The van der Waals surface area contributed by atoms with Crippen LogP contribution in [0.4, 0.5) is 4.79 Å². The molecule has 3 amide bonds. The van der Waals surface area contributed by atoms with Crippen LogP contribution >= 0.6 is 0 Å². The number of sulfonamides is 1. The van der Waals surface area contributed by atoms with E-state index in [0.717, 1.165) is 12.0 Å². The van der Waals surface area contributed by atoms with Crippen molar-refractivity contribution in [2.45, 2.75) is 70.4 Å². The lowest BCUT2D eigenvalue weighted by Gasteiger charge is -2.36. The van der Waals surface area contributed by atoms with E-state index in [1.165, 1.54) is 4.31 Å². The van der Waals surface area contributed by atoms with E-state index < -0.39 is 33.5 Å². The monoisotopic (exact) mass is 452 g/mol. The smallest absolute Gasteiger partial charge is 0.321 e. The van der Waals surface area contributed by atoms with Crippen LogP contribution in [0.3, 0.4) is 0 Å². The zero-order chi connectivity index (χ0) is 23.4. The van der Waals surface area contributed by atoms with Crippen molar-refractivity contribution in [3.8, 4) is 0 Å². The summed E-state index contributed by atoms with van der Waals surface area (Å²) in [5.74, 6) is -0.0166. The normalized spacial score (nSPS) is 18.3. The Bertz CT molecular complexity index is 870. The summed E-state index contributed by atoms with van der Waals surface area (Å²) in [6.07, 6.45) is 0.998. The third-order valence-electron chi connectivity index (χ3n) is 5.62. The average molecular weight is 453 g/mol. The van der Waals surface area contributed by atoms with Gasteiger partial charge in [0.15, 0.2) is 0 Å². The van der Waals surface area contributed by atoms with Gasteiger partial charge in [-0.25, -0.2) is 13.2 Å². The Kier molecular flexibility index (Phi) is 8.24. The van der Waals surface area contributed by atoms with Crippen LogP contribution < -0.4 is 10.6 Å². The van der Waals surface area contributed by atoms with Gasteiger partial charge in [0.2, 0.25) is 15.9 Å². The van der Waals surface area contributed by atoms with Gasteiger partial charge in [0, 0.05) is 31.7 Å². The second-order valence-electron chi connectivity index (χ2n) is 9.19. The molecule has 1 saturated heterocycles. The van der Waals surface area contributed by atoms with Gasteiger partial charge < -0.3 is 5.32 Å². The van der Waals surface area contributed by atoms with Gasteiger partial charge in [-0.3, -0.25) is 15.0 Å². The number of amides is 3. The van der Waals surface area contributed by atoms with Crippen molar-refractivity contribution in [3.63, 3.8) is 0 Å². The number of piperazine rings is 1. The maximum absolute atomic E-state index is 13.0. The standard InChI is InChI=1S/C22H36N4O4S/c1-7-16(2)18-8-10-19(11-9-18)31(29,30)26-14-12-25(13-15-26)17(3)20(27)23-21(28)24-22(4,5)6/h8-11,16-17H,7,12-15H2,1-6H3,(H2,23,24,27,28). The molecular weight excluding hydrogens is 416 g/mol. The molecule has 0 radical (unpaired) electrons. The summed E-state index contributed by atoms with van der Waals surface area (Å²) in [6, 6.07) is 6.04. The lowest BCUT2D eigenvalue weighted by atomic mass is 9.99. The Morgan fingerprint density at radius 1 is 1.03 bits per heavy atom.